The van der Waals surface area contributed by atoms with Crippen molar-refractivity contribution in [1.29, 1.82) is 0 Å². The molecule has 146 valence electrons. The zero-order valence-corrected chi connectivity index (χ0v) is 17.8. The average Bonchev–Trinajstić information content (AvgIpc) is 2.63. The molecule has 0 bridgehead atoms. The van der Waals surface area contributed by atoms with Crippen LogP contribution in [-0.2, 0) is 14.8 Å². The quantitative estimate of drug-likeness (QED) is 0.708. The van der Waals surface area contributed by atoms with Gasteiger partial charge in [0.15, 0.2) is 0 Å². The van der Waals surface area contributed by atoms with Crippen LogP contribution < -0.4 is 5.32 Å². The number of amides is 1. The lowest BCUT2D eigenvalue weighted by atomic mass is 9.97. The number of benzene rings is 1. The monoisotopic (exact) mass is 398 g/mol. The fraction of sp³-hybridized carbons (Fsp3) is 0.632. The van der Waals surface area contributed by atoms with E-state index in [4.69, 9.17) is 0 Å². The fourth-order valence-electron chi connectivity index (χ4n) is 2.98. The summed E-state index contributed by atoms with van der Waals surface area (Å²) in [6.45, 7) is 8.90. The summed E-state index contributed by atoms with van der Waals surface area (Å²) in [5.74, 6) is -0.0276. The Kier molecular flexibility index (Phi) is 7.55. The summed E-state index contributed by atoms with van der Waals surface area (Å²) in [5, 5.41) is 3.59. The first-order valence-electron chi connectivity index (χ1n) is 9.32. The number of piperidine rings is 1. The number of anilines is 1. The van der Waals surface area contributed by atoms with Gasteiger partial charge in [-0.3, -0.25) is 4.79 Å². The van der Waals surface area contributed by atoms with E-state index in [2.05, 4.69) is 31.3 Å². The third-order valence-electron chi connectivity index (χ3n) is 4.95. The smallest absolute Gasteiger partial charge is 0.227 e. The van der Waals surface area contributed by atoms with Crippen LogP contribution in [0.25, 0.3) is 0 Å². The number of aryl methyl sites for hydroxylation is 1. The van der Waals surface area contributed by atoms with Crippen molar-refractivity contribution in [3.63, 3.8) is 0 Å². The molecule has 1 aromatic rings. The minimum absolute atomic E-state index is 0.0102. The number of carbonyl (C=O) groups excluding carboxylic acids is 1. The molecule has 1 saturated heterocycles. The summed E-state index contributed by atoms with van der Waals surface area (Å²) in [4.78, 5) is 13.8. The predicted octanol–water partition coefficient (Wildman–Crippen LogP) is 3.89. The molecule has 1 aliphatic heterocycles. The molecule has 1 aromatic carbocycles. The molecule has 0 saturated carbocycles. The molecule has 26 heavy (non-hydrogen) atoms. The third-order valence-corrected chi connectivity index (χ3v) is 8.09. The normalized spacial score (nSPS) is 17.8. The molecule has 1 atom stereocenters. The van der Waals surface area contributed by atoms with Gasteiger partial charge in [-0.1, -0.05) is 13.8 Å². The van der Waals surface area contributed by atoms with E-state index in [1.54, 1.807) is 6.92 Å². The Morgan fingerprint density at radius 1 is 1.31 bits per heavy atom. The summed E-state index contributed by atoms with van der Waals surface area (Å²) >= 11 is 1.84. The van der Waals surface area contributed by atoms with Gasteiger partial charge < -0.3 is 5.32 Å². The number of carbonyl (C=O) groups is 1. The maximum absolute atomic E-state index is 12.6. The second-order valence-corrected chi connectivity index (χ2v) is 10.6. The van der Waals surface area contributed by atoms with Crippen LogP contribution in [0.3, 0.4) is 0 Å². The lowest BCUT2D eigenvalue weighted by molar-refractivity contribution is -0.120. The largest absolute Gasteiger partial charge is 0.326 e. The maximum atomic E-state index is 12.6. The van der Waals surface area contributed by atoms with Crippen LogP contribution in [-0.4, -0.2) is 42.7 Å². The summed E-state index contributed by atoms with van der Waals surface area (Å²) < 4.78 is 25.3. The lowest BCUT2D eigenvalue weighted by Crippen LogP contribution is -2.42. The Labute approximate surface area is 162 Å². The zero-order chi connectivity index (χ0) is 19.3. The number of hydrogen-bond donors (Lipinski definition) is 1. The van der Waals surface area contributed by atoms with E-state index in [-0.39, 0.29) is 17.6 Å². The predicted molar refractivity (Wildman–Crippen MR) is 109 cm³/mol. The van der Waals surface area contributed by atoms with Crippen LogP contribution in [0.15, 0.2) is 23.1 Å². The van der Waals surface area contributed by atoms with Gasteiger partial charge in [0.05, 0.1) is 5.75 Å². The van der Waals surface area contributed by atoms with E-state index < -0.39 is 10.0 Å². The van der Waals surface area contributed by atoms with Crippen molar-refractivity contribution in [3.8, 4) is 0 Å². The van der Waals surface area contributed by atoms with Crippen LogP contribution in [0, 0.1) is 12.8 Å². The average molecular weight is 399 g/mol. The van der Waals surface area contributed by atoms with E-state index in [1.807, 2.05) is 24.8 Å². The Bertz CT molecular complexity index is 726. The van der Waals surface area contributed by atoms with E-state index >= 15 is 0 Å². The first-order chi connectivity index (χ1) is 12.3. The molecule has 1 heterocycles. The Hall–Kier alpha value is -1.05. The highest BCUT2D eigenvalue weighted by atomic mass is 32.2. The maximum Gasteiger partial charge on any atom is 0.227 e. The van der Waals surface area contributed by atoms with E-state index in [0.29, 0.717) is 31.2 Å². The van der Waals surface area contributed by atoms with Crippen molar-refractivity contribution in [3.05, 3.63) is 23.8 Å². The van der Waals surface area contributed by atoms with Gasteiger partial charge in [-0.2, -0.15) is 0 Å². The van der Waals surface area contributed by atoms with Gasteiger partial charge in [0, 0.05) is 34.8 Å². The van der Waals surface area contributed by atoms with E-state index in [9.17, 15) is 13.2 Å². The highest BCUT2D eigenvalue weighted by Crippen LogP contribution is 2.29. The SMILES string of the molecule is CCC(C)Sc1ccc(NC(=O)C2CCN(S(=O)(=O)CC)CC2)c(C)c1. The molecule has 1 unspecified atom stereocenters. The van der Waals surface area contributed by atoms with Gasteiger partial charge in [-0.25, -0.2) is 12.7 Å². The molecule has 5 nitrogen and oxygen atoms in total. The van der Waals surface area contributed by atoms with Crippen molar-refractivity contribution in [2.24, 2.45) is 5.92 Å². The van der Waals surface area contributed by atoms with Crippen molar-refractivity contribution in [1.82, 2.24) is 4.31 Å². The Balaban J connectivity index is 1.94. The molecular weight excluding hydrogens is 368 g/mol. The highest BCUT2D eigenvalue weighted by Gasteiger charge is 2.30. The van der Waals surface area contributed by atoms with Gasteiger partial charge >= 0.3 is 0 Å². The van der Waals surface area contributed by atoms with Gasteiger partial charge in [-0.05, 0) is 56.9 Å². The molecule has 1 aliphatic rings. The lowest BCUT2D eigenvalue weighted by Gasteiger charge is -2.30. The van der Waals surface area contributed by atoms with Crippen molar-refractivity contribution >= 4 is 33.4 Å². The second-order valence-electron chi connectivity index (χ2n) is 6.88. The van der Waals surface area contributed by atoms with Crippen LogP contribution in [0.1, 0.15) is 45.6 Å². The first kappa shape index (κ1) is 21.3. The molecule has 0 aromatic heterocycles. The summed E-state index contributed by atoms with van der Waals surface area (Å²) in [7, 11) is -3.15. The molecule has 7 heteroatoms. The fourth-order valence-corrected chi connectivity index (χ4v) is 5.13. The van der Waals surface area contributed by atoms with Crippen molar-refractivity contribution in [2.45, 2.75) is 57.1 Å². The topological polar surface area (TPSA) is 66.5 Å². The van der Waals surface area contributed by atoms with E-state index in [1.165, 1.54) is 9.20 Å². The zero-order valence-electron chi connectivity index (χ0n) is 16.1. The second kappa shape index (κ2) is 9.24. The van der Waals surface area contributed by atoms with Crippen LogP contribution in [0.5, 0.6) is 0 Å². The number of rotatable bonds is 7. The summed E-state index contributed by atoms with van der Waals surface area (Å²) in [6.07, 6.45) is 2.27. The molecule has 0 aliphatic carbocycles. The molecular formula is C19H30N2O3S2. The van der Waals surface area contributed by atoms with Crippen molar-refractivity contribution in [2.75, 3.05) is 24.2 Å². The minimum Gasteiger partial charge on any atom is -0.326 e. The molecule has 1 amide bonds. The summed E-state index contributed by atoms with van der Waals surface area (Å²) in [5.41, 5.74) is 1.89. The number of nitrogens with zero attached hydrogens (tertiary/aromatic N) is 1. The Morgan fingerprint density at radius 2 is 1.96 bits per heavy atom. The van der Waals surface area contributed by atoms with Gasteiger partial charge in [-0.15, -0.1) is 11.8 Å². The molecule has 0 spiro atoms. The van der Waals surface area contributed by atoms with Gasteiger partial charge in [0.1, 0.15) is 0 Å². The molecule has 1 fully saturated rings. The van der Waals surface area contributed by atoms with Gasteiger partial charge in [0.25, 0.3) is 0 Å². The van der Waals surface area contributed by atoms with E-state index in [0.717, 1.165) is 17.7 Å². The Morgan fingerprint density at radius 3 is 2.50 bits per heavy atom. The van der Waals surface area contributed by atoms with Crippen LogP contribution in [0.2, 0.25) is 0 Å². The first-order valence-corrected chi connectivity index (χ1v) is 11.8. The van der Waals surface area contributed by atoms with Gasteiger partial charge in [0.2, 0.25) is 15.9 Å². The van der Waals surface area contributed by atoms with Crippen LogP contribution in [0.4, 0.5) is 5.69 Å². The highest BCUT2D eigenvalue weighted by molar-refractivity contribution is 7.99. The number of nitrogens with one attached hydrogen (secondary N) is 1. The molecule has 2 rings (SSSR count). The van der Waals surface area contributed by atoms with Crippen molar-refractivity contribution < 1.29 is 13.2 Å². The number of sulfonamides is 1. The summed E-state index contributed by atoms with van der Waals surface area (Å²) in [6, 6.07) is 6.13. The third kappa shape index (κ3) is 5.47. The minimum atomic E-state index is -3.15. The molecule has 1 N–H and O–H groups in total. The standard InChI is InChI=1S/C19H30N2O3S2/c1-5-15(4)25-17-7-8-18(14(3)13-17)20-19(22)16-9-11-21(12-10-16)26(23,24)6-2/h7-8,13,15-16H,5-6,9-12H2,1-4H3,(H,20,22). The molecule has 0 radical (unpaired) electrons. The van der Waals surface area contributed by atoms with Crippen LogP contribution >= 0.6 is 11.8 Å². The number of hydrogen-bond acceptors (Lipinski definition) is 4. The number of thioether (sulfide) groups is 1.